The summed E-state index contributed by atoms with van der Waals surface area (Å²) < 4.78 is 37.3. The summed E-state index contributed by atoms with van der Waals surface area (Å²) in [6.45, 7) is 7.27. The molecule has 0 aliphatic carbocycles. The molecule has 2 aliphatic rings. The smallest absolute Gasteiger partial charge is 0.363 e. The third kappa shape index (κ3) is 5.58. The number of quaternary nitrogens is 1. The Balaban J connectivity index is 1.59. The van der Waals surface area contributed by atoms with Gasteiger partial charge < -0.3 is 9.66 Å². The van der Waals surface area contributed by atoms with Crippen LogP contribution in [0.25, 0.3) is 16.3 Å². The van der Waals surface area contributed by atoms with Crippen LogP contribution < -0.4 is 9.05 Å². The van der Waals surface area contributed by atoms with E-state index < -0.39 is 27.9 Å². The summed E-state index contributed by atoms with van der Waals surface area (Å²) in [5, 5.41) is 12.3. The van der Waals surface area contributed by atoms with E-state index >= 15 is 0 Å². The number of carboxylic acid groups (broad SMARTS) is 1. The first-order valence-electron chi connectivity index (χ1n) is 13.1. The molecule has 0 amide bonds. The fourth-order valence-electron chi connectivity index (χ4n) is 5.80. The van der Waals surface area contributed by atoms with Crippen LogP contribution in [0.1, 0.15) is 48.7 Å². The van der Waals surface area contributed by atoms with E-state index in [9.17, 15) is 22.9 Å². The lowest BCUT2D eigenvalue weighted by Gasteiger charge is -2.42. The molecule has 1 fully saturated rings. The van der Waals surface area contributed by atoms with Crippen LogP contribution in [0, 0.1) is 13.8 Å². The van der Waals surface area contributed by atoms with E-state index in [1.165, 1.54) is 0 Å². The zero-order chi connectivity index (χ0) is 27.9. The number of aryl methyl sites for hydroxylation is 3. The number of thiazole rings is 1. The first-order chi connectivity index (χ1) is 18.5. The minimum atomic E-state index is -4.29. The zero-order valence-electron chi connectivity index (χ0n) is 22.3. The number of thioether (sulfide) groups is 1. The summed E-state index contributed by atoms with van der Waals surface area (Å²) >= 11 is 3.28. The molecule has 0 bridgehead atoms. The number of aliphatic carboxylic acids is 1. The molecule has 1 spiro atoms. The molecule has 5 rings (SSSR count). The fraction of sp³-hybridized carbons (Fsp3) is 0.379. The van der Waals surface area contributed by atoms with Crippen molar-refractivity contribution < 1.29 is 27.4 Å². The second-order valence-electron chi connectivity index (χ2n) is 10.6. The number of piperidine rings is 1. The quantitative estimate of drug-likeness (QED) is 0.216. The van der Waals surface area contributed by atoms with Gasteiger partial charge in [0.2, 0.25) is 5.52 Å². The average Bonchev–Trinajstić information content (AvgIpc) is 3.33. The summed E-state index contributed by atoms with van der Waals surface area (Å²) in [6, 6.07) is 12.0. The van der Waals surface area contributed by atoms with Crippen molar-refractivity contribution in [2.24, 2.45) is 0 Å². The highest BCUT2D eigenvalue weighted by Crippen LogP contribution is 2.55. The topological polar surface area (TPSA) is 98.4 Å². The Morgan fingerprint density at radius 3 is 2.67 bits per heavy atom. The number of fused-ring (bicyclic) bond motifs is 3. The standard InChI is InChI=1S/C29H32N2O5S3/c1-19-8-10-25-22(15-19)30(12-6-14-39(34,35)36)27(37-25)17-21(3)18-28-31(13-5-4-7-23(31)29(32)33)24-16-20(2)9-11-26(24)38-28/h8-11,15-18,23H,4-7,12-14H2,1-3H3/p+1. The molecule has 2 aliphatic heterocycles. The lowest BCUT2D eigenvalue weighted by molar-refractivity contribution is -0.668. The van der Waals surface area contributed by atoms with Gasteiger partial charge in [-0.15, -0.1) is 0 Å². The molecular weight excluding hydrogens is 553 g/mol. The third-order valence-electron chi connectivity index (χ3n) is 7.57. The number of carboxylic acids is 1. The second kappa shape index (κ2) is 10.8. The molecule has 7 nitrogen and oxygen atoms in total. The number of aromatic nitrogens is 1. The predicted octanol–water partition coefficient (Wildman–Crippen LogP) is 5.74. The van der Waals surface area contributed by atoms with Gasteiger partial charge in [0.1, 0.15) is 4.70 Å². The van der Waals surface area contributed by atoms with Crippen LogP contribution in [0.5, 0.6) is 0 Å². The number of rotatable bonds is 7. The van der Waals surface area contributed by atoms with Crippen LogP contribution >= 0.6 is 23.1 Å². The van der Waals surface area contributed by atoms with Crippen LogP contribution in [0.2, 0.25) is 0 Å². The summed E-state index contributed by atoms with van der Waals surface area (Å²) in [7, 11) is -4.29. The van der Waals surface area contributed by atoms with Crippen molar-refractivity contribution in [3.8, 4) is 0 Å². The first-order valence-corrected chi connectivity index (χ1v) is 16.4. The molecule has 1 N–H and O–H groups in total. The first kappa shape index (κ1) is 28.0. The van der Waals surface area contributed by atoms with Gasteiger partial charge in [-0.2, -0.15) is 4.57 Å². The largest absolute Gasteiger partial charge is 0.748 e. The number of benzene rings is 2. The normalized spacial score (nSPS) is 22.6. The van der Waals surface area contributed by atoms with Crippen molar-refractivity contribution >= 4 is 61.2 Å². The Morgan fingerprint density at radius 1 is 1.18 bits per heavy atom. The highest BCUT2D eigenvalue weighted by molar-refractivity contribution is 8.03. The van der Waals surface area contributed by atoms with Crippen LogP contribution in [0.3, 0.4) is 0 Å². The summed E-state index contributed by atoms with van der Waals surface area (Å²) in [5.41, 5.74) is 5.31. The Labute approximate surface area is 237 Å². The Hall–Kier alpha value is -2.50. The Kier molecular flexibility index (Phi) is 7.78. The highest BCUT2D eigenvalue weighted by atomic mass is 32.2. The van der Waals surface area contributed by atoms with Gasteiger partial charge in [0, 0.05) is 42.9 Å². The highest BCUT2D eigenvalue weighted by Gasteiger charge is 2.54. The Morgan fingerprint density at radius 2 is 1.92 bits per heavy atom. The molecule has 206 valence electrons. The molecule has 1 aromatic heterocycles. The summed E-state index contributed by atoms with van der Waals surface area (Å²) in [4.78, 5) is 13.7. The molecule has 3 heterocycles. The molecular formula is C29H33N2O5S3+. The minimum Gasteiger partial charge on any atom is -0.748 e. The lowest BCUT2D eigenvalue weighted by Crippen LogP contribution is -2.59. The van der Waals surface area contributed by atoms with Crippen LogP contribution in [-0.4, -0.2) is 42.4 Å². The Bertz CT molecular complexity index is 1620. The third-order valence-corrected chi connectivity index (χ3v) is 10.7. The fourth-order valence-corrected chi connectivity index (χ4v) is 8.88. The molecule has 0 radical (unpaired) electrons. The van der Waals surface area contributed by atoms with Crippen LogP contribution in [0.4, 0.5) is 5.69 Å². The zero-order valence-corrected chi connectivity index (χ0v) is 24.8. The van der Waals surface area contributed by atoms with Crippen LogP contribution in [-0.2, 0) is 21.5 Å². The number of nitrogens with zero attached hydrogens (tertiary/aromatic N) is 2. The SMILES string of the molecule is CC(=Cc1sc2ccc(C)cc2[n+]1CCCS(=O)(=O)[O-])C=C1Sc2ccc(C)cc2[N+]12CCCCC2C(=O)O. The molecule has 39 heavy (non-hydrogen) atoms. The molecule has 2 unspecified atom stereocenters. The van der Waals surface area contributed by atoms with Crippen molar-refractivity contribution in [1.29, 1.82) is 0 Å². The van der Waals surface area contributed by atoms with Gasteiger partial charge in [0.15, 0.2) is 23.3 Å². The maximum atomic E-state index is 12.5. The minimum absolute atomic E-state index is 0.238. The average molecular weight is 586 g/mol. The molecule has 1 saturated heterocycles. The lowest BCUT2D eigenvalue weighted by atomic mass is 9.96. The second-order valence-corrected chi connectivity index (χ2v) is 14.2. The number of carbonyl (C=O) groups is 1. The van der Waals surface area contributed by atoms with Gasteiger partial charge in [-0.1, -0.05) is 23.5 Å². The van der Waals surface area contributed by atoms with Gasteiger partial charge >= 0.3 is 5.97 Å². The molecule has 2 aromatic carbocycles. The van der Waals surface area contributed by atoms with Crippen molar-refractivity contribution in [3.63, 3.8) is 0 Å². The summed E-state index contributed by atoms with van der Waals surface area (Å²) in [5.74, 6) is -1.16. The van der Waals surface area contributed by atoms with Crippen molar-refractivity contribution in [1.82, 2.24) is 4.48 Å². The maximum absolute atomic E-state index is 12.5. The molecule has 3 aromatic rings. The monoisotopic (exact) mass is 585 g/mol. The van der Waals surface area contributed by atoms with E-state index in [2.05, 4.69) is 53.1 Å². The number of hydrogen-bond acceptors (Lipinski definition) is 6. The maximum Gasteiger partial charge on any atom is 0.363 e. The van der Waals surface area contributed by atoms with Crippen LogP contribution in [0.15, 0.2) is 58.0 Å². The van der Waals surface area contributed by atoms with Crippen molar-refractivity contribution in [2.75, 3.05) is 12.3 Å². The predicted molar refractivity (Wildman–Crippen MR) is 157 cm³/mol. The number of allylic oxidation sites excluding steroid dienone is 2. The van der Waals surface area contributed by atoms with E-state index in [1.807, 2.05) is 20.8 Å². The number of hydrogen-bond donors (Lipinski definition) is 1. The van der Waals surface area contributed by atoms with Gasteiger partial charge in [-0.05, 0) is 74.2 Å². The molecule has 0 saturated carbocycles. The van der Waals surface area contributed by atoms with Gasteiger partial charge in [0.25, 0.3) is 5.01 Å². The molecule has 10 heteroatoms. The van der Waals surface area contributed by atoms with Crippen molar-refractivity contribution in [2.45, 2.75) is 63.9 Å². The van der Waals surface area contributed by atoms with E-state index in [4.69, 9.17) is 0 Å². The van der Waals surface area contributed by atoms with E-state index in [1.54, 1.807) is 23.1 Å². The van der Waals surface area contributed by atoms with E-state index in [-0.39, 0.29) is 6.42 Å². The van der Waals surface area contributed by atoms with E-state index in [0.717, 1.165) is 66.9 Å². The molecule has 2 atom stereocenters. The summed E-state index contributed by atoms with van der Waals surface area (Å²) in [6.07, 6.45) is 6.97. The van der Waals surface area contributed by atoms with Crippen molar-refractivity contribution in [3.05, 3.63) is 69.2 Å². The van der Waals surface area contributed by atoms with Gasteiger partial charge in [0.05, 0.1) is 21.6 Å². The van der Waals surface area contributed by atoms with E-state index in [0.29, 0.717) is 17.4 Å². The van der Waals surface area contributed by atoms with Gasteiger partial charge in [-0.3, -0.25) is 0 Å². The van der Waals surface area contributed by atoms with Gasteiger partial charge in [-0.25, -0.2) is 17.7 Å².